The van der Waals surface area contributed by atoms with Crippen molar-refractivity contribution in [1.29, 1.82) is 0 Å². The predicted octanol–water partition coefficient (Wildman–Crippen LogP) is 2.35. The molecule has 1 saturated heterocycles. The molecule has 3 N–H and O–H groups in total. The lowest BCUT2D eigenvalue weighted by molar-refractivity contribution is -0.128. The fraction of sp³-hybridized carbons (Fsp3) is 0.250. The minimum atomic E-state index is -0.470. The highest BCUT2D eigenvalue weighted by molar-refractivity contribution is 7.12. The van der Waals surface area contributed by atoms with Gasteiger partial charge in [-0.3, -0.25) is 9.59 Å². The van der Waals surface area contributed by atoms with Crippen LogP contribution in [-0.2, 0) is 9.53 Å². The third-order valence-electron chi connectivity index (χ3n) is 3.38. The molecule has 0 radical (unpaired) electrons. The summed E-state index contributed by atoms with van der Waals surface area (Å²) in [5.74, 6) is -0.314. The van der Waals surface area contributed by atoms with E-state index in [0.29, 0.717) is 29.4 Å². The third-order valence-corrected chi connectivity index (χ3v) is 4.24. The predicted molar refractivity (Wildman–Crippen MR) is 97.2 cm³/mol. The van der Waals surface area contributed by atoms with Gasteiger partial charge < -0.3 is 20.7 Å². The van der Waals surface area contributed by atoms with Crippen LogP contribution in [-0.4, -0.2) is 37.6 Å². The van der Waals surface area contributed by atoms with E-state index in [-0.39, 0.29) is 24.2 Å². The molecule has 0 unspecified atom stereocenters. The molecule has 0 saturated carbocycles. The number of carbonyl (C=O) groups is 2. The molecule has 128 valence electrons. The lowest BCUT2D eigenvalue weighted by Gasteiger charge is -2.22. The Labute approximate surface area is 150 Å². The van der Waals surface area contributed by atoms with Gasteiger partial charge in [-0.2, -0.15) is 0 Å². The molecule has 1 fully saturated rings. The average molecular weight is 368 g/mol. The first kappa shape index (κ1) is 18.4. The molecular formula is C16H18ClN3O3S. The van der Waals surface area contributed by atoms with Crippen LogP contribution in [0.2, 0.25) is 0 Å². The van der Waals surface area contributed by atoms with Gasteiger partial charge in [0.25, 0.3) is 11.8 Å². The maximum atomic E-state index is 12.0. The molecule has 1 atom stereocenters. The summed E-state index contributed by atoms with van der Waals surface area (Å²) in [6.07, 6.45) is -0.470. The number of benzene rings is 1. The van der Waals surface area contributed by atoms with Crippen molar-refractivity contribution >= 4 is 46.9 Å². The van der Waals surface area contributed by atoms with E-state index in [0.717, 1.165) is 6.54 Å². The number of hydrogen-bond donors (Lipinski definition) is 3. The van der Waals surface area contributed by atoms with Gasteiger partial charge in [0.1, 0.15) is 6.10 Å². The van der Waals surface area contributed by atoms with Crippen molar-refractivity contribution in [1.82, 2.24) is 5.32 Å². The SMILES string of the molecule is Cl.O=C(Nc1ccc(NC(=O)[C@H]2CNCCO2)cc1)c1cccs1. The Morgan fingerprint density at radius 1 is 1.12 bits per heavy atom. The van der Waals surface area contributed by atoms with Crippen LogP contribution in [0.5, 0.6) is 0 Å². The van der Waals surface area contributed by atoms with Gasteiger partial charge in [0.15, 0.2) is 0 Å². The maximum Gasteiger partial charge on any atom is 0.265 e. The number of nitrogens with one attached hydrogen (secondary N) is 3. The molecule has 2 heterocycles. The van der Waals surface area contributed by atoms with Gasteiger partial charge in [-0.15, -0.1) is 23.7 Å². The highest BCUT2D eigenvalue weighted by Crippen LogP contribution is 2.16. The summed E-state index contributed by atoms with van der Waals surface area (Å²) in [7, 11) is 0. The van der Waals surface area contributed by atoms with Crippen LogP contribution in [0.25, 0.3) is 0 Å². The van der Waals surface area contributed by atoms with Gasteiger partial charge in [-0.1, -0.05) is 6.07 Å². The molecule has 2 aromatic rings. The van der Waals surface area contributed by atoms with E-state index >= 15 is 0 Å². The Balaban J connectivity index is 0.00000208. The van der Waals surface area contributed by atoms with E-state index in [1.54, 1.807) is 30.3 Å². The van der Waals surface area contributed by atoms with Crippen LogP contribution in [0.1, 0.15) is 9.67 Å². The summed E-state index contributed by atoms with van der Waals surface area (Å²) < 4.78 is 5.40. The number of hydrogen-bond acceptors (Lipinski definition) is 5. The molecule has 0 aliphatic carbocycles. The fourth-order valence-electron chi connectivity index (χ4n) is 2.19. The second-order valence-electron chi connectivity index (χ2n) is 5.06. The fourth-order valence-corrected chi connectivity index (χ4v) is 2.81. The zero-order valence-corrected chi connectivity index (χ0v) is 14.4. The van der Waals surface area contributed by atoms with Crippen LogP contribution < -0.4 is 16.0 Å². The highest BCUT2D eigenvalue weighted by Gasteiger charge is 2.21. The molecule has 2 amide bonds. The number of halogens is 1. The lowest BCUT2D eigenvalue weighted by Crippen LogP contribution is -2.45. The topological polar surface area (TPSA) is 79.5 Å². The van der Waals surface area contributed by atoms with Gasteiger partial charge >= 0.3 is 0 Å². The monoisotopic (exact) mass is 367 g/mol. The maximum absolute atomic E-state index is 12.0. The normalized spacial score (nSPS) is 16.8. The molecule has 8 heteroatoms. The molecular weight excluding hydrogens is 350 g/mol. The van der Waals surface area contributed by atoms with E-state index in [2.05, 4.69) is 16.0 Å². The molecule has 24 heavy (non-hydrogen) atoms. The number of thiophene rings is 1. The van der Waals surface area contributed by atoms with Crippen molar-refractivity contribution in [2.45, 2.75) is 6.10 Å². The quantitative estimate of drug-likeness (QED) is 0.775. The van der Waals surface area contributed by atoms with Crippen LogP contribution in [0.15, 0.2) is 41.8 Å². The van der Waals surface area contributed by atoms with Gasteiger partial charge in [-0.25, -0.2) is 0 Å². The number of carbonyl (C=O) groups excluding carboxylic acids is 2. The molecule has 0 spiro atoms. The Hall–Kier alpha value is -1.93. The zero-order valence-electron chi connectivity index (χ0n) is 12.8. The van der Waals surface area contributed by atoms with Crippen molar-refractivity contribution in [3.8, 4) is 0 Å². The molecule has 6 nitrogen and oxygen atoms in total. The number of morpholine rings is 1. The molecule has 1 aromatic carbocycles. The summed E-state index contributed by atoms with van der Waals surface area (Å²) in [6, 6.07) is 10.6. The van der Waals surface area contributed by atoms with Crippen LogP contribution in [0, 0.1) is 0 Å². The van der Waals surface area contributed by atoms with E-state index in [1.807, 2.05) is 11.4 Å². The van der Waals surface area contributed by atoms with Gasteiger partial charge in [0.2, 0.25) is 0 Å². The second-order valence-corrected chi connectivity index (χ2v) is 6.01. The average Bonchev–Trinajstić information content (AvgIpc) is 3.12. The Bertz CT molecular complexity index is 670. The first-order valence-corrected chi connectivity index (χ1v) is 8.18. The van der Waals surface area contributed by atoms with E-state index in [1.165, 1.54) is 11.3 Å². The lowest BCUT2D eigenvalue weighted by atomic mass is 10.2. The molecule has 0 bridgehead atoms. The van der Waals surface area contributed by atoms with Crippen molar-refractivity contribution in [3.63, 3.8) is 0 Å². The number of ether oxygens (including phenoxy) is 1. The molecule has 1 aliphatic heterocycles. The number of rotatable bonds is 4. The Morgan fingerprint density at radius 3 is 2.42 bits per heavy atom. The summed E-state index contributed by atoms with van der Waals surface area (Å²) >= 11 is 1.39. The first-order chi connectivity index (χ1) is 11.2. The zero-order chi connectivity index (χ0) is 16.1. The molecule has 1 aliphatic rings. The summed E-state index contributed by atoms with van der Waals surface area (Å²) in [5.41, 5.74) is 1.34. The van der Waals surface area contributed by atoms with E-state index in [9.17, 15) is 9.59 Å². The van der Waals surface area contributed by atoms with E-state index in [4.69, 9.17) is 4.74 Å². The Morgan fingerprint density at radius 2 is 1.83 bits per heavy atom. The summed E-state index contributed by atoms with van der Waals surface area (Å²) in [4.78, 5) is 24.6. The smallest absolute Gasteiger partial charge is 0.265 e. The highest BCUT2D eigenvalue weighted by atomic mass is 35.5. The van der Waals surface area contributed by atoms with E-state index < -0.39 is 6.10 Å². The largest absolute Gasteiger partial charge is 0.366 e. The van der Waals surface area contributed by atoms with Gasteiger partial charge in [-0.05, 0) is 35.7 Å². The van der Waals surface area contributed by atoms with Crippen LogP contribution >= 0.6 is 23.7 Å². The minimum absolute atomic E-state index is 0. The molecule has 3 rings (SSSR count). The van der Waals surface area contributed by atoms with Crippen LogP contribution in [0.4, 0.5) is 11.4 Å². The summed E-state index contributed by atoms with van der Waals surface area (Å²) in [5, 5.41) is 10.6. The van der Waals surface area contributed by atoms with Crippen LogP contribution in [0.3, 0.4) is 0 Å². The van der Waals surface area contributed by atoms with Crippen molar-refractivity contribution in [2.24, 2.45) is 0 Å². The molecule has 1 aromatic heterocycles. The summed E-state index contributed by atoms with van der Waals surface area (Å²) in [6.45, 7) is 1.81. The van der Waals surface area contributed by atoms with Gasteiger partial charge in [0.05, 0.1) is 11.5 Å². The van der Waals surface area contributed by atoms with Gasteiger partial charge in [0, 0.05) is 24.5 Å². The third kappa shape index (κ3) is 4.78. The van der Waals surface area contributed by atoms with Crippen molar-refractivity contribution in [2.75, 3.05) is 30.3 Å². The second kappa shape index (κ2) is 8.79. The number of amides is 2. The first-order valence-electron chi connectivity index (χ1n) is 7.30. The standard InChI is InChI=1S/C16H17N3O3S.ClH/c20-15(13-10-17-7-8-22-13)18-11-3-5-12(6-4-11)19-16(21)14-2-1-9-23-14;/h1-6,9,13,17H,7-8,10H2,(H,18,20)(H,19,21);1H/t13-;/m1./s1. The van der Waals surface area contributed by atoms with Crippen molar-refractivity contribution in [3.05, 3.63) is 46.7 Å². The Kier molecular flexibility index (Phi) is 6.74. The minimum Gasteiger partial charge on any atom is -0.366 e. The van der Waals surface area contributed by atoms with Crippen molar-refractivity contribution < 1.29 is 14.3 Å². The number of anilines is 2.